The fourth-order valence-corrected chi connectivity index (χ4v) is 2.57. The first-order valence-electron chi connectivity index (χ1n) is 4.49. The number of hydrogen-bond donors (Lipinski definition) is 0. The molecule has 2 heteroatoms. The molecule has 2 rings (SSSR count). The van der Waals surface area contributed by atoms with Crippen LogP contribution in [0.2, 0.25) is 0 Å². The smallest absolute Gasteiger partial charge is 0.123 e. The van der Waals surface area contributed by atoms with Crippen LogP contribution in [0.25, 0.3) is 16.2 Å². The van der Waals surface area contributed by atoms with Crippen LogP contribution in [0.1, 0.15) is 12.5 Å². The van der Waals surface area contributed by atoms with Gasteiger partial charge in [-0.1, -0.05) is 30.9 Å². The summed E-state index contributed by atoms with van der Waals surface area (Å²) in [5, 5.41) is 2.29. The molecule has 1 aromatic heterocycles. The van der Waals surface area contributed by atoms with Crippen LogP contribution < -0.4 is 0 Å². The molecule has 0 saturated carbocycles. The van der Waals surface area contributed by atoms with Crippen molar-refractivity contribution in [2.45, 2.75) is 6.92 Å². The number of aliphatic imine (C=N–C) groups is 1. The molecule has 14 heavy (non-hydrogen) atoms. The van der Waals surface area contributed by atoms with Gasteiger partial charge in [-0.3, -0.25) is 0 Å². The number of nitrogens with zero attached hydrogens (tertiary/aromatic N) is 1. The average Bonchev–Trinajstić information content (AvgIpc) is 2.55. The lowest BCUT2D eigenvalue weighted by Crippen LogP contribution is -1.67. The van der Waals surface area contributed by atoms with E-state index >= 15 is 0 Å². The van der Waals surface area contributed by atoms with Crippen molar-refractivity contribution in [3.8, 4) is 0 Å². The van der Waals surface area contributed by atoms with Gasteiger partial charge in [0.25, 0.3) is 0 Å². The summed E-state index contributed by atoms with van der Waals surface area (Å²) >= 11 is 1.70. The minimum atomic E-state index is 1.05. The van der Waals surface area contributed by atoms with Crippen LogP contribution in [-0.4, -0.2) is 6.21 Å². The second kappa shape index (κ2) is 3.76. The molecule has 0 radical (unpaired) electrons. The van der Waals surface area contributed by atoms with Crippen LogP contribution >= 0.6 is 11.3 Å². The molecule has 2 aromatic rings. The Bertz CT molecular complexity index is 494. The summed E-state index contributed by atoms with van der Waals surface area (Å²) in [5.41, 5.74) is 1.14. The summed E-state index contributed by atoms with van der Waals surface area (Å²) in [6.07, 6.45) is 3.69. The predicted octanol–water partition coefficient (Wildman–Crippen LogP) is 4.27. The van der Waals surface area contributed by atoms with Gasteiger partial charge in [0.05, 0.1) is 0 Å². The van der Waals surface area contributed by atoms with E-state index < -0.39 is 0 Å². The minimum absolute atomic E-state index is 1.05. The first-order chi connectivity index (χ1) is 6.86. The highest BCUT2D eigenvalue weighted by Gasteiger charge is 2.06. The van der Waals surface area contributed by atoms with Gasteiger partial charge >= 0.3 is 0 Å². The van der Waals surface area contributed by atoms with Crippen LogP contribution in [0.3, 0.4) is 0 Å². The summed E-state index contributed by atoms with van der Waals surface area (Å²) in [7, 11) is 0. The Hall–Kier alpha value is -1.41. The number of thiophene rings is 1. The van der Waals surface area contributed by atoms with E-state index in [9.17, 15) is 0 Å². The molecular formula is C12H11NS. The zero-order valence-electron chi connectivity index (χ0n) is 8.03. The fraction of sp³-hybridized carbons (Fsp3) is 0.0833. The number of benzene rings is 1. The van der Waals surface area contributed by atoms with Crippen LogP contribution in [0.5, 0.6) is 0 Å². The minimum Gasteiger partial charge on any atom is -0.250 e. The quantitative estimate of drug-likeness (QED) is 0.643. The Morgan fingerprint density at radius 1 is 1.36 bits per heavy atom. The lowest BCUT2D eigenvalue weighted by molar-refractivity contribution is 1.63. The van der Waals surface area contributed by atoms with Crippen LogP contribution in [-0.2, 0) is 0 Å². The normalized spacial score (nSPS) is 11.2. The van der Waals surface area contributed by atoms with Gasteiger partial charge in [0.1, 0.15) is 5.00 Å². The molecule has 0 saturated heterocycles. The van der Waals surface area contributed by atoms with Gasteiger partial charge in [-0.25, -0.2) is 4.99 Å². The fourth-order valence-electron chi connectivity index (χ4n) is 1.46. The number of hydrogen-bond acceptors (Lipinski definition) is 2. The molecule has 0 N–H and O–H groups in total. The summed E-state index contributed by atoms with van der Waals surface area (Å²) in [4.78, 5) is 4.34. The molecule has 0 amide bonds. The van der Waals surface area contributed by atoms with Gasteiger partial charge < -0.3 is 0 Å². The third-order valence-electron chi connectivity index (χ3n) is 2.06. The van der Waals surface area contributed by atoms with Gasteiger partial charge in [-0.15, -0.1) is 11.3 Å². The van der Waals surface area contributed by atoms with E-state index in [0.717, 1.165) is 10.6 Å². The molecule has 1 aromatic carbocycles. The van der Waals surface area contributed by atoms with E-state index in [-0.39, 0.29) is 0 Å². The highest BCUT2D eigenvalue weighted by atomic mass is 32.1. The molecule has 1 heterocycles. The Morgan fingerprint density at radius 3 is 2.86 bits per heavy atom. The largest absolute Gasteiger partial charge is 0.250 e. The van der Waals surface area contributed by atoms with Gasteiger partial charge in [0.15, 0.2) is 0 Å². The second-order valence-corrected chi connectivity index (χ2v) is 3.94. The standard InChI is InChI=1S/C12H11NS/c1-3-9-10-7-5-6-8-11(10)14-12(9)13-4-2/h3-8H,1H2,2H3/b13-4-. The van der Waals surface area contributed by atoms with E-state index in [1.54, 1.807) is 11.3 Å². The zero-order chi connectivity index (χ0) is 9.97. The Kier molecular flexibility index (Phi) is 2.46. The Balaban J connectivity index is 2.78. The van der Waals surface area contributed by atoms with E-state index in [4.69, 9.17) is 0 Å². The second-order valence-electron chi connectivity index (χ2n) is 2.91. The van der Waals surface area contributed by atoms with Crippen LogP contribution in [0.15, 0.2) is 35.8 Å². The molecule has 0 bridgehead atoms. The van der Waals surface area contributed by atoms with Crippen molar-refractivity contribution < 1.29 is 0 Å². The third-order valence-corrected chi connectivity index (χ3v) is 3.16. The number of fused-ring (bicyclic) bond motifs is 1. The van der Waals surface area contributed by atoms with Crippen molar-refractivity contribution in [2.24, 2.45) is 4.99 Å². The van der Waals surface area contributed by atoms with E-state index in [2.05, 4.69) is 23.7 Å². The van der Waals surface area contributed by atoms with E-state index in [0.29, 0.717) is 0 Å². The lowest BCUT2D eigenvalue weighted by atomic mass is 10.1. The summed E-state index contributed by atoms with van der Waals surface area (Å²) in [6, 6.07) is 8.31. The van der Waals surface area contributed by atoms with Crippen LogP contribution in [0.4, 0.5) is 5.00 Å². The first-order valence-corrected chi connectivity index (χ1v) is 5.31. The van der Waals surface area contributed by atoms with Crippen molar-refractivity contribution >= 4 is 38.7 Å². The van der Waals surface area contributed by atoms with Gasteiger partial charge in [-0.2, -0.15) is 0 Å². The average molecular weight is 201 g/mol. The molecule has 0 aliphatic heterocycles. The maximum absolute atomic E-state index is 4.34. The van der Waals surface area contributed by atoms with Gasteiger partial charge in [0, 0.05) is 21.9 Å². The number of rotatable bonds is 2. The topological polar surface area (TPSA) is 12.4 Å². The SMILES string of the molecule is C=Cc1c(/N=C\C)sc2ccccc12. The molecule has 0 unspecified atom stereocenters. The summed E-state index contributed by atoms with van der Waals surface area (Å²) in [6.45, 7) is 5.76. The lowest BCUT2D eigenvalue weighted by Gasteiger charge is -1.91. The van der Waals surface area contributed by atoms with E-state index in [1.165, 1.54) is 10.1 Å². The molecule has 0 fully saturated rings. The van der Waals surface area contributed by atoms with Crippen molar-refractivity contribution in [2.75, 3.05) is 0 Å². The molecule has 0 atom stereocenters. The first kappa shape index (κ1) is 9.16. The Labute approximate surface area is 87.4 Å². The van der Waals surface area contributed by atoms with Crippen LogP contribution in [0, 0.1) is 0 Å². The summed E-state index contributed by atoms with van der Waals surface area (Å²) < 4.78 is 1.27. The monoisotopic (exact) mass is 201 g/mol. The van der Waals surface area contributed by atoms with Crippen molar-refractivity contribution in [1.82, 2.24) is 0 Å². The third kappa shape index (κ3) is 1.38. The Morgan fingerprint density at radius 2 is 2.14 bits per heavy atom. The maximum Gasteiger partial charge on any atom is 0.123 e. The molecular weight excluding hydrogens is 190 g/mol. The molecule has 0 spiro atoms. The molecule has 1 nitrogen and oxygen atoms in total. The van der Waals surface area contributed by atoms with Crippen molar-refractivity contribution in [3.05, 3.63) is 36.4 Å². The zero-order valence-corrected chi connectivity index (χ0v) is 8.84. The van der Waals surface area contributed by atoms with Gasteiger partial charge in [-0.05, 0) is 13.0 Å². The van der Waals surface area contributed by atoms with Crippen molar-refractivity contribution in [3.63, 3.8) is 0 Å². The maximum atomic E-state index is 4.34. The summed E-state index contributed by atoms with van der Waals surface area (Å²) in [5.74, 6) is 0. The van der Waals surface area contributed by atoms with Gasteiger partial charge in [0.2, 0.25) is 0 Å². The van der Waals surface area contributed by atoms with Crippen molar-refractivity contribution in [1.29, 1.82) is 0 Å². The molecule has 0 aliphatic carbocycles. The predicted molar refractivity (Wildman–Crippen MR) is 65.7 cm³/mol. The molecule has 70 valence electrons. The highest BCUT2D eigenvalue weighted by Crippen LogP contribution is 2.37. The molecule has 0 aliphatic rings. The highest BCUT2D eigenvalue weighted by molar-refractivity contribution is 7.23. The van der Waals surface area contributed by atoms with E-state index in [1.807, 2.05) is 31.3 Å².